The molecule has 2 heterocycles. The van der Waals surface area contributed by atoms with Crippen LogP contribution in [0.3, 0.4) is 0 Å². The van der Waals surface area contributed by atoms with E-state index in [2.05, 4.69) is 72.5 Å². The van der Waals surface area contributed by atoms with E-state index in [0.29, 0.717) is 0 Å². The largest absolute Gasteiger partial charge is 0.353 e. The van der Waals surface area contributed by atoms with Crippen molar-refractivity contribution in [3.05, 3.63) is 54.2 Å². The summed E-state index contributed by atoms with van der Waals surface area (Å²) < 4.78 is 2.20. The third-order valence-corrected chi connectivity index (χ3v) is 4.90. The molecule has 1 aliphatic rings. The first kappa shape index (κ1) is 11.8. The Morgan fingerprint density at radius 2 is 1.80 bits per heavy atom. The summed E-state index contributed by atoms with van der Waals surface area (Å²) in [7, 11) is 2.11. The number of benzene rings is 2. The van der Waals surface area contributed by atoms with Crippen LogP contribution in [0.5, 0.6) is 0 Å². The molecule has 0 saturated heterocycles. The van der Waals surface area contributed by atoms with Crippen molar-refractivity contribution in [1.29, 1.82) is 0 Å². The minimum Gasteiger partial charge on any atom is -0.353 e. The average Bonchev–Trinajstić information content (AvgIpc) is 2.47. The predicted octanol–water partition coefficient (Wildman–Crippen LogP) is 4.18. The molecule has 2 aromatic carbocycles. The number of aryl methyl sites for hydroxylation is 2. The molecule has 0 bridgehead atoms. The van der Waals surface area contributed by atoms with Crippen LogP contribution in [-0.4, -0.2) is 0 Å². The zero-order valence-corrected chi connectivity index (χ0v) is 12.3. The summed E-state index contributed by atoms with van der Waals surface area (Å²) in [6.45, 7) is 2.16. The van der Waals surface area contributed by atoms with Crippen molar-refractivity contribution in [2.45, 2.75) is 16.7 Å². The molecule has 0 saturated carbocycles. The smallest absolute Gasteiger partial charge is 0.214 e. The van der Waals surface area contributed by atoms with Gasteiger partial charge in [-0.2, -0.15) is 4.57 Å². The van der Waals surface area contributed by atoms with E-state index in [1.54, 1.807) is 0 Å². The number of nitrogens with one attached hydrogen (secondary N) is 1. The molecule has 2 nitrogen and oxygen atoms in total. The number of anilines is 2. The predicted molar refractivity (Wildman–Crippen MR) is 83.7 cm³/mol. The van der Waals surface area contributed by atoms with Gasteiger partial charge >= 0.3 is 0 Å². The molecule has 3 aromatic rings. The van der Waals surface area contributed by atoms with Crippen LogP contribution in [0.4, 0.5) is 11.4 Å². The van der Waals surface area contributed by atoms with Crippen LogP contribution in [0.25, 0.3) is 10.9 Å². The van der Waals surface area contributed by atoms with Gasteiger partial charge in [0.05, 0.1) is 16.8 Å². The number of pyridine rings is 1. The Kier molecular flexibility index (Phi) is 2.51. The van der Waals surface area contributed by atoms with Gasteiger partial charge in [-0.3, -0.25) is 0 Å². The molecule has 0 spiro atoms. The summed E-state index contributed by atoms with van der Waals surface area (Å²) in [6, 6.07) is 15.0. The number of rotatable bonds is 0. The van der Waals surface area contributed by atoms with Crippen LogP contribution in [-0.2, 0) is 7.05 Å². The highest BCUT2D eigenvalue weighted by molar-refractivity contribution is 7.99. The monoisotopic (exact) mass is 279 g/mol. The maximum Gasteiger partial charge on any atom is 0.214 e. The van der Waals surface area contributed by atoms with Gasteiger partial charge in [0, 0.05) is 11.0 Å². The summed E-state index contributed by atoms with van der Waals surface area (Å²) >= 11 is 1.84. The number of para-hydroxylation sites is 2. The SMILES string of the molecule is Cc1cccc2c1Nc1c(c[n+](C)c3ccccc13)S2. The number of hydrogen-bond donors (Lipinski definition) is 1. The Balaban J connectivity index is 2.01. The highest BCUT2D eigenvalue weighted by Gasteiger charge is 2.23. The maximum atomic E-state index is 3.64. The molecule has 1 N–H and O–H groups in total. The molecule has 0 fully saturated rings. The number of aromatic nitrogens is 1. The summed E-state index contributed by atoms with van der Waals surface area (Å²) in [5, 5.41) is 4.92. The second-order valence-electron chi connectivity index (χ2n) is 5.17. The first-order valence-electron chi connectivity index (χ1n) is 6.70. The fraction of sp³-hybridized carbons (Fsp3) is 0.118. The second-order valence-corrected chi connectivity index (χ2v) is 6.26. The van der Waals surface area contributed by atoms with E-state index in [9.17, 15) is 0 Å². The first-order chi connectivity index (χ1) is 9.74. The molecule has 4 rings (SSSR count). The molecule has 98 valence electrons. The van der Waals surface area contributed by atoms with Crippen LogP contribution in [0.2, 0.25) is 0 Å². The van der Waals surface area contributed by atoms with Gasteiger partial charge < -0.3 is 5.32 Å². The molecule has 0 atom stereocenters. The lowest BCUT2D eigenvalue weighted by atomic mass is 10.1. The van der Waals surface area contributed by atoms with Crippen molar-refractivity contribution >= 4 is 34.0 Å². The zero-order valence-electron chi connectivity index (χ0n) is 11.5. The third kappa shape index (κ3) is 1.63. The van der Waals surface area contributed by atoms with Gasteiger partial charge in [-0.25, -0.2) is 0 Å². The molecule has 0 amide bonds. The summed E-state index contributed by atoms with van der Waals surface area (Å²) in [4.78, 5) is 2.58. The van der Waals surface area contributed by atoms with E-state index in [0.717, 1.165) is 0 Å². The third-order valence-electron chi connectivity index (χ3n) is 3.82. The molecule has 20 heavy (non-hydrogen) atoms. The van der Waals surface area contributed by atoms with E-state index in [1.165, 1.54) is 37.6 Å². The van der Waals surface area contributed by atoms with Gasteiger partial charge in [0.25, 0.3) is 0 Å². The fourth-order valence-corrected chi connectivity index (χ4v) is 3.94. The van der Waals surface area contributed by atoms with Crippen LogP contribution < -0.4 is 9.88 Å². The first-order valence-corrected chi connectivity index (χ1v) is 7.51. The Hall–Kier alpha value is -2.00. The normalized spacial score (nSPS) is 12.7. The lowest BCUT2D eigenvalue weighted by molar-refractivity contribution is -0.646. The lowest BCUT2D eigenvalue weighted by Gasteiger charge is -2.22. The van der Waals surface area contributed by atoms with Crippen molar-refractivity contribution in [2.75, 3.05) is 5.32 Å². The van der Waals surface area contributed by atoms with E-state index < -0.39 is 0 Å². The molecular weight excluding hydrogens is 264 g/mol. The molecular formula is C17H15N2S+. The number of hydrogen-bond acceptors (Lipinski definition) is 2. The maximum absolute atomic E-state index is 3.64. The fourth-order valence-electron chi connectivity index (χ4n) is 2.77. The van der Waals surface area contributed by atoms with Gasteiger partial charge in [0.15, 0.2) is 6.20 Å². The van der Waals surface area contributed by atoms with Crippen molar-refractivity contribution in [3.8, 4) is 0 Å². The molecule has 1 aliphatic heterocycles. The van der Waals surface area contributed by atoms with Crippen LogP contribution in [0.15, 0.2) is 58.5 Å². The number of nitrogens with zero attached hydrogens (tertiary/aromatic N) is 1. The van der Waals surface area contributed by atoms with Crippen molar-refractivity contribution in [2.24, 2.45) is 7.05 Å². The lowest BCUT2D eigenvalue weighted by Crippen LogP contribution is -2.29. The molecule has 0 radical (unpaired) electrons. The van der Waals surface area contributed by atoms with E-state index in [-0.39, 0.29) is 0 Å². The highest BCUT2D eigenvalue weighted by Crippen LogP contribution is 2.46. The minimum absolute atomic E-state index is 1.23. The van der Waals surface area contributed by atoms with Crippen molar-refractivity contribution in [3.63, 3.8) is 0 Å². The Morgan fingerprint density at radius 1 is 0.950 bits per heavy atom. The summed E-state index contributed by atoms with van der Waals surface area (Å²) in [6.07, 6.45) is 2.21. The highest BCUT2D eigenvalue weighted by atomic mass is 32.2. The van der Waals surface area contributed by atoms with Gasteiger partial charge in [-0.1, -0.05) is 36.0 Å². The van der Waals surface area contributed by atoms with E-state index in [1.807, 2.05) is 11.8 Å². The van der Waals surface area contributed by atoms with E-state index >= 15 is 0 Å². The van der Waals surface area contributed by atoms with Gasteiger partial charge in [0.2, 0.25) is 5.52 Å². The van der Waals surface area contributed by atoms with Crippen LogP contribution in [0, 0.1) is 6.92 Å². The number of fused-ring (bicyclic) bond motifs is 4. The average molecular weight is 279 g/mol. The van der Waals surface area contributed by atoms with Crippen LogP contribution >= 0.6 is 11.8 Å². The minimum atomic E-state index is 1.23. The summed E-state index contributed by atoms with van der Waals surface area (Å²) in [5.41, 5.74) is 5.00. The van der Waals surface area contributed by atoms with Crippen molar-refractivity contribution < 1.29 is 4.57 Å². The summed E-state index contributed by atoms with van der Waals surface area (Å²) in [5.74, 6) is 0. The molecule has 0 unspecified atom stereocenters. The van der Waals surface area contributed by atoms with E-state index in [4.69, 9.17) is 0 Å². The van der Waals surface area contributed by atoms with Gasteiger partial charge in [-0.15, -0.1) is 0 Å². The Bertz CT molecular complexity index is 840. The van der Waals surface area contributed by atoms with Crippen LogP contribution in [0.1, 0.15) is 5.56 Å². The zero-order chi connectivity index (χ0) is 13.7. The van der Waals surface area contributed by atoms with Gasteiger partial charge in [-0.05, 0) is 24.6 Å². The Morgan fingerprint density at radius 3 is 2.70 bits per heavy atom. The molecule has 3 heteroatoms. The Labute approximate surface area is 122 Å². The van der Waals surface area contributed by atoms with Crippen molar-refractivity contribution in [1.82, 2.24) is 0 Å². The van der Waals surface area contributed by atoms with Gasteiger partial charge in [0.1, 0.15) is 11.9 Å². The topological polar surface area (TPSA) is 15.9 Å². The molecule has 1 aromatic heterocycles. The quantitative estimate of drug-likeness (QED) is 0.486. The second kappa shape index (κ2) is 4.25. The standard InChI is InChI=1S/C17H14N2S/c1-11-6-5-9-14-16(11)18-17-12-7-3-4-8-13(12)19(2)10-15(17)20-14/h3-10H,1-2H3/p+1. The molecule has 0 aliphatic carbocycles.